The van der Waals surface area contributed by atoms with Gasteiger partial charge in [-0.2, -0.15) is 0 Å². The largest absolute Gasteiger partial charge is 0.511 e. The van der Waals surface area contributed by atoms with E-state index in [1.165, 1.54) is 22.7 Å². The third-order valence-electron chi connectivity index (χ3n) is 10.1. The van der Waals surface area contributed by atoms with E-state index in [1.807, 2.05) is 13.8 Å². The number of nitrogens with one attached hydrogen (secondary N) is 1. The van der Waals surface area contributed by atoms with Gasteiger partial charge in [-0.1, -0.05) is 18.1 Å². The normalized spacial score (nSPS) is 25.4. The van der Waals surface area contributed by atoms with Crippen molar-refractivity contribution in [2.24, 2.45) is 5.16 Å². The van der Waals surface area contributed by atoms with Crippen molar-refractivity contribution in [3.63, 3.8) is 0 Å². The lowest BCUT2D eigenvalue weighted by molar-refractivity contribution is -0.0658. The van der Waals surface area contributed by atoms with Gasteiger partial charge in [-0.25, -0.2) is 18.4 Å². The van der Waals surface area contributed by atoms with E-state index in [1.54, 1.807) is 11.8 Å². The van der Waals surface area contributed by atoms with E-state index in [4.69, 9.17) is 23.8 Å². The Morgan fingerprint density at radius 2 is 1.96 bits per heavy atom. The lowest BCUT2D eigenvalue weighted by Crippen LogP contribution is -2.52. The van der Waals surface area contributed by atoms with Gasteiger partial charge in [-0.15, -0.1) is 0 Å². The molecule has 3 amide bonds. The highest BCUT2D eigenvalue weighted by Crippen LogP contribution is 2.46. The highest BCUT2D eigenvalue weighted by molar-refractivity contribution is 5.99. The summed E-state index contributed by atoms with van der Waals surface area (Å²) in [5.74, 6) is -3.71. The number of rotatable bonds is 9. The van der Waals surface area contributed by atoms with Crippen LogP contribution in [0.2, 0.25) is 0 Å². The molecule has 2 bridgehead atoms. The highest BCUT2D eigenvalue weighted by atomic mass is 19.1. The Balaban J connectivity index is 1.31. The summed E-state index contributed by atoms with van der Waals surface area (Å²) >= 11 is 0. The fraction of sp³-hybridized carbons (Fsp3) is 0.515. The Bertz CT molecular complexity index is 1830. The molecular formula is C33H37F2N5O10. The molecule has 15 nitrogen and oxygen atoms in total. The molecule has 1 spiro atoms. The molecule has 1 aromatic carbocycles. The predicted octanol–water partition coefficient (Wildman–Crippen LogP) is 3.49. The number of oxime groups is 1. The molecule has 2 fully saturated rings. The van der Waals surface area contributed by atoms with Gasteiger partial charge in [-0.3, -0.25) is 19.3 Å². The molecule has 1 unspecified atom stereocenters. The number of nitrogens with zero attached hydrogens (tertiary/aromatic N) is 4. The minimum atomic E-state index is -1.18. The summed E-state index contributed by atoms with van der Waals surface area (Å²) in [7, 11) is 1.52. The smallest absolute Gasteiger partial charge is 0.451 e. The lowest BCUT2D eigenvalue weighted by atomic mass is 9.84. The zero-order chi connectivity index (χ0) is 36.0. The van der Waals surface area contributed by atoms with Gasteiger partial charge >= 0.3 is 12.2 Å². The molecule has 0 aliphatic carbocycles. The summed E-state index contributed by atoms with van der Waals surface area (Å²) < 4.78 is 50.3. The Labute approximate surface area is 285 Å². The molecule has 1 aromatic heterocycles. The molecule has 2 saturated heterocycles. The van der Waals surface area contributed by atoms with Gasteiger partial charge in [0.1, 0.15) is 36.0 Å². The van der Waals surface area contributed by atoms with Crippen LogP contribution in [0.5, 0.6) is 5.75 Å². The van der Waals surface area contributed by atoms with Crippen molar-refractivity contribution in [2.75, 3.05) is 33.6 Å². The van der Waals surface area contributed by atoms with Crippen LogP contribution in [-0.2, 0) is 25.6 Å². The first-order valence-corrected chi connectivity index (χ1v) is 16.2. The first-order valence-electron chi connectivity index (χ1n) is 16.2. The van der Waals surface area contributed by atoms with Crippen LogP contribution in [0.4, 0.5) is 18.4 Å². The standard InChI is InChI=1S/C33H37F2N5O10/c1-5-32(15-46-30(44)38(32)4)16-47-31(45)49-17-48-27-25-29(43)39-14-24(33(9-8-19(39)3)11-18(2)37-50-33)40(25)13-22(26(27)41)28(42)36-12-20-6-7-21(34)10-23(20)35/h6-7,10,13,19,24H,5,8-9,11-12,14-17H2,1-4H3,(H,36,42)/t19-,24+,32?,33-/m0/s1. The molecule has 5 heterocycles. The maximum absolute atomic E-state index is 14.3. The number of halogens is 2. The molecule has 4 aliphatic heterocycles. The molecule has 0 saturated carbocycles. The van der Waals surface area contributed by atoms with E-state index in [9.17, 15) is 32.8 Å². The third kappa shape index (κ3) is 6.08. The topological polar surface area (TPSA) is 167 Å². The second kappa shape index (κ2) is 13.2. The van der Waals surface area contributed by atoms with Crippen molar-refractivity contribution in [1.29, 1.82) is 0 Å². The number of carbonyl (C=O) groups excluding carboxylic acids is 4. The fourth-order valence-electron chi connectivity index (χ4n) is 6.88. The van der Waals surface area contributed by atoms with E-state index in [-0.39, 0.29) is 43.6 Å². The third-order valence-corrected chi connectivity index (χ3v) is 10.1. The van der Waals surface area contributed by atoms with Crippen LogP contribution in [0.15, 0.2) is 34.3 Å². The molecule has 4 aliphatic rings. The van der Waals surface area contributed by atoms with Crippen molar-refractivity contribution in [2.45, 2.75) is 76.2 Å². The van der Waals surface area contributed by atoms with Crippen LogP contribution >= 0.6 is 0 Å². The number of amides is 3. The molecule has 6 rings (SSSR count). The van der Waals surface area contributed by atoms with E-state index >= 15 is 0 Å². The monoisotopic (exact) mass is 701 g/mol. The van der Waals surface area contributed by atoms with E-state index in [0.717, 1.165) is 17.8 Å². The van der Waals surface area contributed by atoms with Crippen LogP contribution < -0.4 is 15.5 Å². The quantitative estimate of drug-likeness (QED) is 0.302. The molecule has 4 atom stereocenters. The second-order valence-electron chi connectivity index (χ2n) is 13.0. The lowest BCUT2D eigenvalue weighted by Gasteiger charge is -2.42. The number of aromatic nitrogens is 1. The second-order valence-corrected chi connectivity index (χ2v) is 13.0. The zero-order valence-electron chi connectivity index (χ0n) is 28.0. The number of pyridine rings is 1. The van der Waals surface area contributed by atoms with Gasteiger partial charge in [0.25, 0.3) is 11.8 Å². The Kier molecular flexibility index (Phi) is 9.17. The fourth-order valence-corrected chi connectivity index (χ4v) is 6.88. The number of hydrogen-bond acceptors (Lipinski definition) is 11. The van der Waals surface area contributed by atoms with Gasteiger partial charge in [-0.05, 0) is 39.2 Å². The van der Waals surface area contributed by atoms with Crippen LogP contribution in [0, 0.1) is 11.6 Å². The van der Waals surface area contributed by atoms with Crippen molar-refractivity contribution >= 4 is 29.8 Å². The minimum Gasteiger partial charge on any atom is -0.451 e. The van der Waals surface area contributed by atoms with E-state index in [0.29, 0.717) is 31.7 Å². The molecule has 1 N–H and O–H groups in total. The number of carbonyl (C=O) groups is 4. The predicted molar refractivity (Wildman–Crippen MR) is 169 cm³/mol. The highest BCUT2D eigenvalue weighted by Gasteiger charge is 2.54. The SMILES string of the molecule is CCC1(COC(=O)OCOc2c3n(cc(C(=O)NCc4ccc(F)cc4F)c2=O)[C@@H]2CN(C3=O)[C@@H](C)CC[C@]23CC(C)=NO3)COC(=O)N1C. The number of ether oxygens (including phenoxy) is 4. The summed E-state index contributed by atoms with van der Waals surface area (Å²) in [6.07, 6.45) is 1.42. The Hall–Kier alpha value is -5.22. The van der Waals surface area contributed by atoms with Gasteiger partial charge < -0.3 is 38.6 Å². The first kappa shape index (κ1) is 34.6. The number of cyclic esters (lactones) is 1. The number of benzene rings is 1. The maximum Gasteiger partial charge on any atom is 0.511 e. The van der Waals surface area contributed by atoms with E-state index < -0.39 is 76.4 Å². The average Bonchev–Trinajstić information content (AvgIpc) is 3.57. The summed E-state index contributed by atoms with van der Waals surface area (Å²) in [6, 6.07) is 2.00. The van der Waals surface area contributed by atoms with Gasteiger partial charge in [0.05, 0.1) is 11.8 Å². The zero-order valence-corrected chi connectivity index (χ0v) is 28.0. The van der Waals surface area contributed by atoms with Crippen molar-refractivity contribution in [3.8, 4) is 5.75 Å². The summed E-state index contributed by atoms with van der Waals surface area (Å²) in [4.78, 5) is 75.0. The minimum absolute atomic E-state index is 0.00213. The van der Waals surface area contributed by atoms with Gasteiger partial charge in [0, 0.05) is 50.4 Å². The summed E-state index contributed by atoms with van der Waals surface area (Å²) in [6.45, 7) is 4.17. The molecule has 268 valence electrons. The maximum atomic E-state index is 14.3. The number of fused-ring (bicyclic) bond motifs is 5. The Morgan fingerprint density at radius 3 is 2.62 bits per heavy atom. The Morgan fingerprint density at radius 1 is 1.18 bits per heavy atom. The molecule has 50 heavy (non-hydrogen) atoms. The van der Waals surface area contributed by atoms with E-state index in [2.05, 4.69) is 10.5 Å². The molecule has 17 heteroatoms. The van der Waals surface area contributed by atoms with Crippen LogP contribution in [-0.4, -0.2) is 94.9 Å². The van der Waals surface area contributed by atoms with Crippen LogP contribution in [0.25, 0.3) is 0 Å². The van der Waals surface area contributed by atoms with Crippen LogP contribution in [0.1, 0.15) is 78.9 Å². The van der Waals surface area contributed by atoms with Gasteiger partial charge in [0.15, 0.2) is 11.3 Å². The molecule has 0 radical (unpaired) electrons. The van der Waals surface area contributed by atoms with Crippen molar-refractivity contribution < 1.29 is 51.7 Å². The average molecular weight is 702 g/mol. The first-order chi connectivity index (χ1) is 23.8. The molecule has 2 aromatic rings. The number of likely N-dealkylation sites (N-methyl/N-ethyl adjacent to an activating group) is 1. The van der Waals surface area contributed by atoms with Crippen molar-refractivity contribution in [3.05, 3.63) is 63.1 Å². The summed E-state index contributed by atoms with van der Waals surface area (Å²) in [5.41, 5.74) is -2.72. The molecular weight excluding hydrogens is 664 g/mol. The van der Waals surface area contributed by atoms with Crippen molar-refractivity contribution in [1.82, 2.24) is 19.7 Å². The van der Waals surface area contributed by atoms with Gasteiger partial charge in [0.2, 0.25) is 18.0 Å². The van der Waals surface area contributed by atoms with Crippen LogP contribution in [0.3, 0.4) is 0 Å². The number of hydrogen-bond donors (Lipinski definition) is 1. The summed E-state index contributed by atoms with van der Waals surface area (Å²) in [5, 5.41) is 6.67.